The predicted molar refractivity (Wildman–Crippen MR) is 70.9 cm³/mol. The molecule has 0 amide bonds. The third kappa shape index (κ3) is 3.65. The molecule has 0 fully saturated rings. The Morgan fingerprint density at radius 2 is 2.28 bits per heavy atom. The number of nitrogens with zero attached hydrogens (tertiary/aromatic N) is 1. The zero-order valence-electron chi connectivity index (χ0n) is 9.80. The average molecular weight is 262 g/mol. The number of carbonyl (C=O) groups is 1. The highest BCUT2D eigenvalue weighted by atomic mass is 32.1. The normalized spacial score (nSPS) is 10.4. The first-order valence-electron chi connectivity index (χ1n) is 5.67. The minimum Gasteiger partial charge on any atom is -0.477 e. The van der Waals surface area contributed by atoms with Crippen LogP contribution in [0.15, 0.2) is 36.7 Å². The second kappa shape index (κ2) is 6.28. The van der Waals surface area contributed by atoms with Crippen molar-refractivity contribution in [2.24, 2.45) is 0 Å². The fourth-order valence-electron chi connectivity index (χ4n) is 1.58. The highest BCUT2D eigenvalue weighted by molar-refractivity contribution is 7.13. The number of pyridine rings is 1. The predicted octanol–water partition coefficient (Wildman–Crippen LogP) is 2.17. The van der Waals surface area contributed by atoms with E-state index in [9.17, 15) is 4.79 Å². The number of aromatic carboxylic acids is 1. The van der Waals surface area contributed by atoms with Gasteiger partial charge in [-0.1, -0.05) is 6.07 Å². The summed E-state index contributed by atoms with van der Waals surface area (Å²) in [7, 11) is 0. The zero-order chi connectivity index (χ0) is 12.8. The number of carboxylic acid groups (broad SMARTS) is 1. The molecule has 2 N–H and O–H groups in total. The highest BCUT2D eigenvalue weighted by Gasteiger charge is 2.06. The SMILES string of the molecule is O=C(O)c1ccc(CNCCc2cccnc2)s1. The number of hydrogen-bond acceptors (Lipinski definition) is 4. The van der Waals surface area contributed by atoms with Crippen LogP contribution in [0.5, 0.6) is 0 Å². The molecular weight excluding hydrogens is 248 g/mol. The molecule has 0 saturated carbocycles. The van der Waals surface area contributed by atoms with Crippen molar-refractivity contribution in [3.8, 4) is 0 Å². The molecule has 0 atom stereocenters. The zero-order valence-corrected chi connectivity index (χ0v) is 10.6. The summed E-state index contributed by atoms with van der Waals surface area (Å²) in [5.74, 6) is -0.860. The Balaban J connectivity index is 1.73. The second-order valence-corrected chi connectivity index (χ2v) is 5.03. The molecule has 94 valence electrons. The maximum atomic E-state index is 10.7. The number of hydrogen-bond donors (Lipinski definition) is 2. The maximum absolute atomic E-state index is 10.7. The van der Waals surface area contributed by atoms with Gasteiger partial charge in [-0.25, -0.2) is 4.79 Å². The summed E-state index contributed by atoms with van der Waals surface area (Å²) in [5, 5.41) is 12.1. The summed E-state index contributed by atoms with van der Waals surface area (Å²) in [6.07, 6.45) is 4.54. The average Bonchev–Trinajstić information content (AvgIpc) is 2.85. The molecule has 0 unspecified atom stereocenters. The van der Waals surface area contributed by atoms with Gasteiger partial charge in [-0.05, 0) is 36.7 Å². The first-order valence-corrected chi connectivity index (χ1v) is 6.49. The lowest BCUT2D eigenvalue weighted by Gasteiger charge is -2.02. The van der Waals surface area contributed by atoms with Crippen molar-refractivity contribution in [1.29, 1.82) is 0 Å². The van der Waals surface area contributed by atoms with Crippen LogP contribution in [0.25, 0.3) is 0 Å². The summed E-state index contributed by atoms with van der Waals surface area (Å²) in [5.41, 5.74) is 1.20. The van der Waals surface area contributed by atoms with Gasteiger partial charge in [0.15, 0.2) is 0 Å². The Labute approximate surface area is 109 Å². The first-order chi connectivity index (χ1) is 8.75. The van der Waals surface area contributed by atoms with Crippen LogP contribution in [0, 0.1) is 0 Å². The van der Waals surface area contributed by atoms with Crippen molar-refractivity contribution in [3.63, 3.8) is 0 Å². The molecule has 0 aliphatic rings. The first kappa shape index (κ1) is 12.7. The van der Waals surface area contributed by atoms with Gasteiger partial charge < -0.3 is 10.4 Å². The maximum Gasteiger partial charge on any atom is 0.345 e. The monoisotopic (exact) mass is 262 g/mol. The van der Waals surface area contributed by atoms with E-state index in [0.29, 0.717) is 11.4 Å². The Kier molecular flexibility index (Phi) is 4.44. The van der Waals surface area contributed by atoms with Crippen LogP contribution in [0.2, 0.25) is 0 Å². The van der Waals surface area contributed by atoms with Crippen LogP contribution < -0.4 is 5.32 Å². The number of aromatic nitrogens is 1. The third-order valence-corrected chi connectivity index (χ3v) is 3.56. The Morgan fingerprint density at radius 3 is 2.94 bits per heavy atom. The lowest BCUT2D eigenvalue weighted by Crippen LogP contribution is -2.15. The fourth-order valence-corrected chi connectivity index (χ4v) is 2.39. The van der Waals surface area contributed by atoms with E-state index in [0.717, 1.165) is 17.8 Å². The highest BCUT2D eigenvalue weighted by Crippen LogP contribution is 2.15. The van der Waals surface area contributed by atoms with Crippen LogP contribution in [-0.4, -0.2) is 22.6 Å². The topological polar surface area (TPSA) is 62.2 Å². The molecule has 4 nitrogen and oxygen atoms in total. The van der Waals surface area contributed by atoms with Crippen molar-refractivity contribution in [3.05, 3.63) is 52.0 Å². The third-order valence-electron chi connectivity index (χ3n) is 2.48. The van der Waals surface area contributed by atoms with Crippen LogP contribution >= 0.6 is 11.3 Å². The van der Waals surface area contributed by atoms with Gasteiger partial charge in [0.05, 0.1) is 0 Å². The van der Waals surface area contributed by atoms with Crippen molar-refractivity contribution in [2.45, 2.75) is 13.0 Å². The van der Waals surface area contributed by atoms with Crippen LogP contribution in [0.4, 0.5) is 0 Å². The molecule has 2 rings (SSSR count). The largest absolute Gasteiger partial charge is 0.477 e. The molecule has 2 aromatic heterocycles. The van der Waals surface area contributed by atoms with Gasteiger partial charge in [0.25, 0.3) is 0 Å². The summed E-state index contributed by atoms with van der Waals surface area (Å²) in [4.78, 5) is 16.2. The second-order valence-electron chi connectivity index (χ2n) is 3.86. The lowest BCUT2D eigenvalue weighted by molar-refractivity contribution is 0.0702. The van der Waals surface area contributed by atoms with E-state index >= 15 is 0 Å². The van der Waals surface area contributed by atoms with Crippen molar-refractivity contribution >= 4 is 17.3 Å². The van der Waals surface area contributed by atoms with Gasteiger partial charge in [-0.15, -0.1) is 11.3 Å². The van der Waals surface area contributed by atoms with Crippen LogP contribution in [-0.2, 0) is 13.0 Å². The van der Waals surface area contributed by atoms with Gasteiger partial charge in [0.2, 0.25) is 0 Å². The Morgan fingerprint density at radius 1 is 1.39 bits per heavy atom. The fraction of sp³-hybridized carbons (Fsp3) is 0.231. The van der Waals surface area contributed by atoms with Crippen molar-refractivity contribution in [1.82, 2.24) is 10.3 Å². The summed E-state index contributed by atoms with van der Waals surface area (Å²) in [6.45, 7) is 1.56. The van der Waals surface area contributed by atoms with Gasteiger partial charge in [-0.3, -0.25) is 4.98 Å². The molecule has 2 aromatic rings. The molecule has 0 aromatic carbocycles. The molecule has 0 radical (unpaired) electrons. The lowest BCUT2D eigenvalue weighted by atomic mass is 10.2. The van der Waals surface area contributed by atoms with E-state index < -0.39 is 5.97 Å². The number of carboxylic acids is 1. The number of rotatable bonds is 6. The standard InChI is InChI=1S/C13H14N2O2S/c16-13(17)12-4-3-11(18-12)9-15-7-5-10-2-1-6-14-8-10/h1-4,6,8,15H,5,7,9H2,(H,16,17). The Hall–Kier alpha value is -1.72. The van der Waals surface area contributed by atoms with Gasteiger partial charge >= 0.3 is 5.97 Å². The molecule has 0 aliphatic carbocycles. The molecule has 18 heavy (non-hydrogen) atoms. The summed E-state index contributed by atoms with van der Waals surface area (Å²) in [6, 6.07) is 7.46. The Bertz CT molecular complexity index is 511. The number of thiophene rings is 1. The molecule has 0 aliphatic heterocycles. The van der Waals surface area contributed by atoms with E-state index in [1.54, 1.807) is 12.3 Å². The molecule has 0 bridgehead atoms. The van der Waals surface area contributed by atoms with E-state index in [-0.39, 0.29) is 0 Å². The van der Waals surface area contributed by atoms with Gasteiger partial charge in [0.1, 0.15) is 4.88 Å². The smallest absolute Gasteiger partial charge is 0.345 e. The summed E-state index contributed by atoms with van der Waals surface area (Å²) < 4.78 is 0. The van der Waals surface area contributed by atoms with E-state index in [1.165, 1.54) is 16.9 Å². The van der Waals surface area contributed by atoms with Gasteiger partial charge in [-0.2, -0.15) is 0 Å². The van der Waals surface area contributed by atoms with Crippen LogP contribution in [0.1, 0.15) is 20.1 Å². The quantitative estimate of drug-likeness (QED) is 0.783. The molecule has 0 spiro atoms. The molecule has 2 heterocycles. The van der Waals surface area contributed by atoms with E-state index in [2.05, 4.69) is 10.3 Å². The van der Waals surface area contributed by atoms with E-state index in [4.69, 9.17) is 5.11 Å². The molecule has 0 saturated heterocycles. The molecular formula is C13H14N2O2S. The minimum atomic E-state index is -0.860. The number of nitrogens with one attached hydrogen (secondary N) is 1. The van der Waals surface area contributed by atoms with Gasteiger partial charge in [0, 0.05) is 23.8 Å². The van der Waals surface area contributed by atoms with E-state index in [1.807, 2.05) is 24.4 Å². The van der Waals surface area contributed by atoms with Crippen molar-refractivity contribution in [2.75, 3.05) is 6.54 Å². The van der Waals surface area contributed by atoms with Crippen molar-refractivity contribution < 1.29 is 9.90 Å². The molecule has 5 heteroatoms. The summed E-state index contributed by atoms with van der Waals surface area (Å²) >= 11 is 1.31. The van der Waals surface area contributed by atoms with Crippen LogP contribution in [0.3, 0.4) is 0 Å². The minimum absolute atomic E-state index is 0.388.